The first-order valence-corrected chi connectivity index (χ1v) is 6.73. The number of aromatic nitrogens is 1. The van der Waals surface area contributed by atoms with Gasteiger partial charge in [-0.3, -0.25) is 9.78 Å². The van der Waals surface area contributed by atoms with E-state index in [1.165, 1.54) is 4.88 Å². The maximum absolute atomic E-state index is 11.9. The molecule has 0 radical (unpaired) electrons. The number of aryl methyl sites for hydroxylation is 2. The Morgan fingerprint density at radius 1 is 1.39 bits per heavy atom. The molecule has 1 amide bonds. The van der Waals surface area contributed by atoms with Crippen molar-refractivity contribution in [1.82, 2.24) is 10.3 Å². The minimum Gasteiger partial charge on any atom is -0.352 e. The van der Waals surface area contributed by atoms with Gasteiger partial charge in [-0.1, -0.05) is 6.07 Å². The Morgan fingerprint density at radius 2 is 2.22 bits per heavy atom. The number of carbonyl (C=O) groups is 1. The molecule has 3 nitrogen and oxygen atoms in total. The molecule has 2 rings (SSSR count). The van der Waals surface area contributed by atoms with E-state index in [2.05, 4.69) is 10.3 Å². The van der Waals surface area contributed by atoms with E-state index < -0.39 is 0 Å². The van der Waals surface area contributed by atoms with Crippen LogP contribution >= 0.6 is 11.3 Å². The molecule has 0 bridgehead atoms. The van der Waals surface area contributed by atoms with Gasteiger partial charge in [-0.2, -0.15) is 0 Å². The average Bonchev–Trinajstić information content (AvgIpc) is 2.70. The van der Waals surface area contributed by atoms with Crippen LogP contribution in [0.25, 0.3) is 0 Å². The SMILES string of the molecule is Cc1cc(C(=O)NCCc2ccccn2)c(C)s1. The molecular formula is C14H16N2OS. The lowest BCUT2D eigenvalue weighted by atomic mass is 10.2. The minimum atomic E-state index is 0.00720. The lowest BCUT2D eigenvalue weighted by Gasteiger charge is -2.04. The second kappa shape index (κ2) is 5.78. The van der Waals surface area contributed by atoms with Crippen LogP contribution < -0.4 is 5.32 Å². The zero-order chi connectivity index (χ0) is 13.0. The molecule has 2 aromatic heterocycles. The predicted molar refractivity (Wildman–Crippen MR) is 74.1 cm³/mol. The summed E-state index contributed by atoms with van der Waals surface area (Å²) < 4.78 is 0. The molecule has 1 N–H and O–H groups in total. The number of thiophene rings is 1. The predicted octanol–water partition coefficient (Wildman–Crippen LogP) is 2.73. The number of nitrogens with zero attached hydrogens (tertiary/aromatic N) is 1. The van der Waals surface area contributed by atoms with Gasteiger partial charge in [0, 0.05) is 34.6 Å². The smallest absolute Gasteiger partial charge is 0.252 e. The molecule has 0 unspecified atom stereocenters. The van der Waals surface area contributed by atoms with E-state index in [9.17, 15) is 4.79 Å². The Hall–Kier alpha value is -1.68. The monoisotopic (exact) mass is 260 g/mol. The molecular weight excluding hydrogens is 244 g/mol. The second-order valence-electron chi connectivity index (χ2n) is 4.15. The quantitative estimate of drug-likeness (QED) is 0.918. The van der Waals surface area contributed by atoms with Crippen molar-refractivity contribution < 1.29 is 4.79 Å². The van der Waals surface area contributed by atoms with E-state index in [1.54, 1.807) is 17.5 Å². The summed E-state index contributed by atoms with van der Waals surface area (Å²) in [6, 6.07) is 7.75. The van der Waals surface area contributed by atoms with Gasteiger partial charge in [0.15, 0.2) is 0 Å². The summed E-state index contributed by atoms with van der Waals surface area (Å²) in [5.41, 5.74) is 1.79. The lowest BCUT2D eigenvalue weighted by molar-refractivity contribution is 0.0954. The molecule has 0 aliphatic carbocycles. The van der Waals surface area contributed by atoms with Crippen LogP contribution in [-0.2, 0) is 6.42 Å². The maximum Gasteiger partial charge on any atom is 0.252 e. The highest BCUT2D eigenvalue weighted by atomic mass is 32.1. The van der Waals surface area contributed by atoms with Crippen LogP contribution in [0, 0.1) is 13.8 Å². The molecule has 0 fully saturated rings. The molecule has 18 heavy (non-hydrogen) atoms. The van der Waals surface area contributed by atoms with Gasteiger partial charge in [0.05, 0.1) is 5.56 Å². The first-order chi connectivity index (χ1) is 8.66. The fraction of sp³-hybridized carbons (Fsp3) is 0.286. The first kappa shape index (κ1) is 12.8. The number of rotatable bonds is 4. The Labute approximate surface area is 111 Å². The lowest BCUT2D eigenvalue weighted by Crippen LogP contribution is -2.26. The molecule has 0 aliphatic heterocycles. The van der Waals surface area contributed by atoms with Crippen molar-refractivity contribution >= 4 is 17.2 Å². The van der Waals surface area contributed by atoms with Gasteiger partial charge < -0.3 is 5.32 Å². The molecule has 0 atom stereocenters. The van der Waals surface area contributed by atoms with Crippen molar-refractivity contribution in [2.75, 3.05) is 6.54 Å². The van der Waals surface area contributed by atoms with Crippen LogP contribution in [0.2, 0.25) is 0 Å². The van der Waals surface area contributed by atoms with E-state index >= 15 is 0 Å². The number of nitrogens with one attached hydrogen (secondary N) is 1. The second-order valence-corrected chi connectivity index (χ2v) is 5.61. The highest BCUT2D eigenvalue weighted by Gasteiger charge is 2.10. The van der Waals surface area contributed by atoms with Gasteiger partial charge in [-0.25, -0.2) is 0 Å². The fourth-order valence-corrected chi connectivity index (χ4v) is 2.72. The van der Waals surface area contributed by atoms with Crippen LogP contribution in [-0.4, -0.2) is 17.4 Å². The third-order valence-electron chi connectivity index (χ3n) is 2.68. The van der Waals surface area contributed by atoms with E-state index in [-0.39, 0.29) is 5.91 Å². The average molecular weight is 260 g/mol. The molecule has 0 saturated carbocycles. The Bertz CT molecular complexity index is 534. The topological polar surface area (TPSA) is 42.0 Å². The van der Waals surface area contributed by atoms with E-state index in [1.807, 2.05) is 38.1 Å². The van der Waals surface area contributed by atoms with Gasteiger partial charge in [0.25, 0.3) is 5.91 Å². The highest BCUT2D eigenvalue weighted by molar-refractivity contribution is 7.12. The van der Waals surface area contributed by atoms with Crippen LogP contribution in [0.5, 0.6) is 0 Å². The molecule has 0 spiro atoms. The van der Waals surface area contributed by atoms with Crippen LogP contribution in [0.4, 0.5) is 0 Å². The van der Waals surface area contributed by atoms with E-state index in [0.29, 0.717) is 6.54 Å². The zero-order valence-corrected chi connectivity index (χ0v) is 11.4. The number of hydrogen-bond donors (Lipinski definition) is 1. The van der Waals surface area contributed by atoms with Crippen molar-refractivity contribution in [2.45, 2.75) is 20.3 Å². The van der Waals surface area contributed by atoms with Crippen molar-refractivity contribution in [3.8, 4) is 0 Å². The Morgan fingerprint density at radius 3 is 2.83 bits per heavy atom. The Balaban J connectivity index is 1.87. The summed E-state index contributed by atoms with van der Waals surface area (Å²) in [5, 5.41) is 2.93. The third kappa shape index (κ3) is 3.17. The maximum atomic E-state index is 11.9. The number of hydrogen-bond acceptors (Lipinski definition) is 3. The summed E-state index contributed by atoms with van der Waals surface area (Å²) >= 11 is 1.65. The molecule has 4 heteroatoms. The van der Waals surface area contributed by atoms with Gasteiger partial charge >= 0.3 is 0 Å². The summed E-state index contributed by atoms with van der Waals surface area (Å²) in [7, 11) is 0. The molecule has 94 valence electrons. The molecule has 0 saturated heterocycles. The third-order valence-corrected chi connectivity index (χ3v) is 3.64. The van der Waals surface area contributed by atoms with Gasteiger partial charge in [-0.15, -0.1) is 11.3 Å². The van der Waals surface area contributed by atoms with Crippen molar-refractivity contribution in [1.29, 1.82) is 0 Å². The molecule has 2 aromatic rings. The van der Waals surface area contributed by atoms with E-state index in [0.717, 1.165) is 22.6 Å². The largest absolute Gasteiger partial charge is 0.352 e. The number of pyridine rings is 1. The van der Waals surface area contributed by atoms with Crippen LogP contribution in [0.3, 0.4) is 0 Å². The minimum absolute atomic E-state index is 0.00720. The molecule has 0 aromatic carbocycles. The van der Waals surface area contributed by atoms with E-state index in [4.69, 9.17) is 0 Å². The van der Waals surface area contributed by atoms with Crippen molar-refractivity contribution in [3.63, 3.8) is 0 Å². The summed E-state index contributed by atoms with van der Waals surface area (Å²) in [6.07, 6.45) is 2.53. The Kier molecular flexibility index (Phi) is 4.10. The van der Waals surface area contributed by atoms with Gasteiger partial charge in [0.1, 0.15) is 0 Å². The highest BCUT2D eigenvalue weighted by Crippen LogP contribution is 2.20. The van der Waals surface area contributed by atoms with Crippen LogP contribution in [0.15, 0.2) is 30.5 Å². The molecule has 2 heterocycles. The van der Waals surface area contributed by atoms with Crippen molar-refractivity contribution in [2.24, 2.45) is 0 Å². The number of amides is 1. The standard InChI is InChI=1S/C14H16N2OS/c1-10-9-13(11(2)18-10)14(17)16-8-6-12-5-3-4-7-15-12/h3-5,7,9H,6,8H2,1-2H3,(H,16,17). The van der Waals surface area contributed by atoms with Gasteiger partial charge in [-0.05, 0) is 32.0 Å². The summed E-state index contributed by atoms with van der Waals surface area (Å²) in [6.45, 7) is 4.61. The van der Waals surface area contributed by atoms with Crippen molar-refractivity contribution in [3.05, 3.63) is 51.5 Å². The fourth-order valence-electron chi connectivity index (χ4n) is 1.80. The van der Waals surface area contributed by atoms with Gasteiger partial charge in [0.2, 0.25) is 0 Å². The number of carbonyl (C=O) groups excluding carboxylic acids is 1. The van der Waals surface area contributed by atoms with Crippen LogP contribution in [0.1, 0.15) is 25.8 Å². The zero-order valence-electron chi connectivity index (χ0n) is 10.6. The summed E-state index contributed by atoms with van der Waals surface area (Å²) in [5.74, 6) is 0.00720. The molecule has 0 aliphatic rings. The first-order valence-electron chi connectivity index (χ1n) is 5.92. The summed E-state index contributed by atoms with van der Waals surface area (Å²) in [4.78, 5) is 18.4. The normalized spacial score (nSPS) is 10.3.